The lowest BCUT2D eigenvalue weighted by Crippen LogP contribution is -2.12. The van der Waals surface area contributed by atoms with Gasteiger partial charge in [-0.1, -0.05) is 12.1 Å². The van der Waals surface area contributed by atoms with Crippen molar-refractivity contribution >= 4 is 10.9 Å². The summed E-state index contributed by atoms with van der Waals surface area (Å²) < 4.78 is 91.3. The lowest BCUT2D eigenvalue weighted by molar-refractivity contribution is -0.142. The van der Waals surface area contributed by atoms with Crippen molar-refractivity contribution in [2.75, 3.05) is 0 Å². The molecule has 0 spiro atoms. The third-order valence-corrected chi connectivity index (χ3v) is 3.96. The molecule has 0 aliphatic heterocycles. The van der Waals surface area contributed by atoms with Crippen LogP contribution < -0.4 is 5.73 Å². The van der Waals surface area contributed by atoms with Crippen LogP contribution in [0.2, 0.25) is 0 Å². The molecule has 0 saturated carbocycles. The van der Waals surface area contributed by atoms with Crippen LogP contribution in [0.15, 0.2) is 42.5 Å². The second kappa shape index (κ2) is 6.01. The largest absolute Gasteiger partial charge is 0.417 e. The van der Waals surface area contributed by atoms with E-state index in [4.69, 9.17) is 5.73 Å². The number of rotatable bonds is 2. The average molecular weight is 376 g/mol. The lowest BCUT2D eigenvalue weighted by atomic mass is 10.0. The van der Waals surface area contributed by atoms with E-state index in [-0.39, 0.29) is 17.3 Å². The Morgan fingerprint density at radius 2 is 1.46 bits per heavy atom. The highest BCUT2D eigenvalue weighted by atomic mass is 19.4. The van der Waals surface area contributed by atoms with Gasteiger partial charge in [0.15, 0.2) is 0 Å². The first-order chi connectivity index (χ1) is 12.0. The fourth-order valence-electron chi connectivity index (χ4n) is 2.67. The van der Waals surface area contributed by atoms with Gasteiger partial charge in [-0.25, -0.2) is 4.39 Å². The SMILES string of the molecule is N[C@@H](c1ccc(F)cc1)c1cc2c(C(F)(F)F)cc(C(F)(F)F)cc2[nH]1. The monoisotopic (exact) mass is 376 g/mol. The Hall–Kier alpha value is -2.55. The Morgan fingerprint density at radius 1 is 0.846 bits per heavy atom. The van der Waals surface area contributed by atoms with Crippen LogP contribution in [0.5, 0.6) is 0 Å². The standard InChI is InChI=1S/C17H11F7N2/c18-10-3-1-8(2-4-10)15(25)14-7-11-12(17(22,23)24)5-9(16(19,20)21)6-13(11)26-14/h1-7,15,26H,25H2/t15-/m0/s1. The molecular formula is C17H11F7N2. The third-order valence-electron chi connectivity index (χ3n) is 3.96. The number of halogens is 7. The molecule has 0 saturated heterocycles. The van der Waals surface area contributed by atoms with Gasteiger partial charge in [0.25, 0.3) is 0 Å². The summed E-state index contributed by atoms with van der Waals surface area (Å²) in [7, 11) is 0. The van der Waals surface area contributed by atoms with Gasteiger partial charge >= 0.3 is 12.4 Å². The molecule has 26 heavy (non-hydrogen) atoms. The molecule has 0 aliphatic rings. The molecule has 0 aliphatic carbocycles. The van der Waals surface area contributed by atoms with E-state index < -0.39 is 40.7 Å². The number of fused-ring (bicyclic) bond motifs is 1. The third kappa shape index (κ3) is 3.39. The molecule has 2 aromatic carbocycles. The van der Waals surface area contributed by atoms with Gasteiger partial charge < -0.3 is 10.7 Å². The predicted octanol–water partition coefficient (Wildman–Crippen LogP) is 5.39. The Bertz CT molecular complexity index is 937. The molecule has 9 heteroatoms. The zero-order valence-electron chi connectivity index (χ0n) is 12.8. The quantitative estimate of drug-likeness (QED) is 0.579. The molecular weight excluding hydrogens is 365 g/mol. The molecule has 1 atom stereocenters. The van der Waals surface area contributed by atoms with Gasteiger partial charge in [-0.2, -0.15) is 26.3 Å². The van der Waals surface area contributed by atoms with Crippen molar-refractivity contribution in [3.05, 3.63) is 70.7 Å². The van der Waals surface area contributed by atoms with Crippen molar-refractivity contribution in [1.29, 1.82) is 0 Å². The van der Waals surface area contributed by atoms with Gasteiger partial charge in [0.2, 0.25) is 0 Å². The lowest BCUT2D eigenvalue weighted by Gasteiger charge is -2.12. The van der Waals surface area contributed by atoms with E-state index in [2.05, 4.69) is 4.98 Å². The second-order valence-corrected chi connectivity index (χ2v) is 5.73. The van der Waals surface area contributed by atoms with Crippen LogP contribution in [0, 0.1) is 5.82 Å². The van der Waals surface area contributed by atoms with Gasteiger partial charge in [0, 0.05) is 16.6 Å². The Kier molecular flexibility index (Phi) is 4.22. The number of aromatic amines is 1. The Morgan fingerprint density at radius 3 is 2.00 bits per heavy atom. The summed E-state index contributed by atoms with van der Waals surface area (Å²) in [6, 6.07) is 5.72. The number of nitrogens with one attached hydrogen (secondary N) is 1. The van der Waals surface area contributed by atoms with Crippen molar-refractivity contribution in [2.45, 2.75) is 18.4 Å². The summed E-state index contributed by atoms with van der Waals surface area (Å²) in [4.78, 5) is 2.51. The maximum Gasteiger partial charge on any atom is 0.417 e. The van der Waals surface area contributed by atoms with Gasteiger partial charge in [0.05, 0.1) is 17.2 Å². The minimum atomic E-state index is -4.97. The molecule has 0 radical (unpaired) electrons. The van der Waals surface area contributed by atoms with E-state index in [0.717, 1.165) is 18.2 Å². The molecule has 0 amide bonds. The maximum absolute atomic E-state index is 13.2. The first kappa shape index (κ1) is 18.2. The number of H-pyrrole nitrogens is 1. The summed E-state index contributed by atoms with van der Waals surface area (Å²) in [6.45, 7) is 0. The first-order valence-electron chi connectivity index (χ1n) is 7.29. The van der Waals surface area contributed by atoms with Gasteiger partial charge in [0.1, 0.15) is 5.82 Å². The zero-order chi connectivity index (χ0) is 19.3. The van der Waals surface area contributed by atoms with E-state index in [1.807, 2.05) is 0 Å². The van der Waals surface area contributed by atoms with Crippen LogP contribution in [0.25, 0.3) is 10.9 Å². The van der Waals surface area contributed by atoms with E-state index >= 15 is 0 Å². The summed E-state index contributed by atoms with van der Waals surface area (Å²) in [5.74, 6) is -0.522. The number of alkyl halides is 6. The van der Waals surface area contributed by atoms with Gasteiger partial charge in [-0.3, -0.25) is 0 Å². The molecule has 3 rings (SSSR count). The van der Waals surface area contributed by atoms with E-state index in [9.17, 15) is 30.7 Å². The number of hydrogen-bond donors (Lipinski definition) is 2. The molecule has 138 valence electrons. The Balaban J connectivity index is 2.16. The maximum atomic E-state index is 13.2. The van der Waals surface area contributed by atoms with Crippen molar-refractivity contribution in [1.82, 2.24) is 4.98 Å². The molecule has 0 bridgehead atoms. The summed E-state index contributed by atoms with van der Waals surface area (Å²) >= 11 is 0. The minimum absolute atomic E-state index is 0.0728. The first-order valence-corrected chi connectivity index (χ1v) is 7.29. The highest BCUT2D eigenvalue weighted by molar-refractivity contribution is 5.85. The highest BCUT2D eigenvalue weighted by Crippen LogP contribution is 2.40. The summed E-state index contributed by atoms with van der Waals surface area (Å²) in [6.07, 6.45) is -9.91. The molecule has 1 aromatic heterocycles. The summed E-state index contributed by atoms with van der Waals surface area (Å²) in [5, 5.41) is -0.418. The van der Waals surface area contributed by atoms with Gasteiger partial charge in [-0.05, 0) is 35.9 Å². The summed E-state index contributed by atoms with van der Waals surface area (Å²) in [5.41, 5.74) is 3.27. The number of benzene rings is 2. The van der Waals surface area contributed by atoms with Crippen molar-refractivity contribution in [3.8, 4) is 0 Å². The van der Waals surface area contributed by atoms with E-state index in [1.54, 1.807) is 0 Å². The van der Waals surface area contributed by atoms with E-state index in [0.29, 0.717) is 11.6 Å². The number of aromatic nitrogens is 1. The zero-order valence-corrected chi connectivity index (χ0v) is 12.8. The average Bonchev–Trinajstić information content (AvgIpc) is 2.96. The number of hydrogen-bond acceptors (Lipinski definition) is 1. The topological polar surface area (TPSA) is 41.8 Å². The highest BCUT2D eigenvalue weighted by Gasteiger charge is 2.38. The minimum Gasteiger partial charge on any atom is -0.357 e. The molecule has 1 heterocycles. The van der Waals surface area contributed by atoms with Gasteiger partial charge in [-0.15, -0.1) is 0 Å². The second-order valence-electron chi connectivity index (χ2n) is 5.73. The number of nitrogens with two attached hydrogens (primary N) is 1. The van der Waals surface area contributed by atoms with Crippen molar-refractivity contribution < 1.29 is 30.7 Å². The Labute approximate surface area is 142 Å². The molecule has 2 nitrogen and oxygen atoms in total. The van der Waals surface area contributed by atoms with Crippen LogP contribution in [0.4, 0.5) is 30.7 Å². The molecule has 3 N–H and O–H groups in total. The van der Waals surface area contributed by atoms with Crippen LogP contribution in [-0.2, 0) is 12.4 Å². The fourth-order valence-corrected chi connectivity index (χ4v) is 2.67. The predicted molar refractivity (Wildman–Crippen MR) is 80.7 cm³/mol. The smallest absolute Gasteiger partial charge is 0.357 e. The molecule has 3 aromatic rings. The normalized spacial score (nSPS) is 14.0. The van der Waals surface area contributed by atoms with Crippen LogP contribution in [-0.4, -0.2) is 4.98 Å². The van der Waals surface area contributed by atoms with Crippen molar-refractivity contribution in [2.24, 2.45) is 5.73 Å². The van der Waals surface area contributed by atoms with Crippen molar-refractivity contribution in [3.63, 3.8) is 0 Å². The molecule has 0 fully saturated rings. The van der Waals surface area contributed by atoms with E-state index in [1.165, 1.54) is 12.1 Å². The van der Waals surface area contributed by atoms with Crippen LogP contribution in [0.3, 0.4) is 0 Å². The van der Waals surface area contributed by atoms with Crippen LogP contribution >= 0.6 is 0 Å². The fraction of sp³-hybridized carbons (Fsp3) is 0.176. The van der Waals surface area contributed by atoms with Crippen LogP contribution in [0.1, 0.15) is 28.4 Å². The molecule has 0 unspecified atom stereocenters.